The van der Waals surface area contributed by atoms with Gasteiger partial charge in [0.1, 0.15) is 11.6 Å². The molecule has 2 heterocycles. The molecule has 134 valence electrons. The van der Waals surface area contributed by atoms with Gasteiger partial charge in [-0.25, -0.2) is 13.8 Å². The average molecular weight is 373 g/mol. The molecule has 1 aliphatic heterocycles. The molecule has 0 radical (unpaired) electrons. The molecule has 0 bridgehead atoms. The van der Waals surface area contributed by atoms with Gasteiger partial charge in [0.05, 0.1) is 15.9 Å². The Morgan fingerprint density at radius 1 is 1.15 bits per heavy atom. The van der Waals surface area contributed by atoms with Crippen LogP contribution in [0.3, 0.4) is 0 Å². The van der Waals surface area contributed by atoms with E-state index in [-0.39, 0.29) is 17.5 Å². The fourth-order valence-electron chi connectivity index (χ4n) is 3.16. The summed E-state index contributed by atoms with van der Waals surface area (Å²) in [4.78, 5) is 19.2. The lowest BCUT2D eigenvalue weighted by atomic mass is 9.96. The van der Waals surface area contributed by atoms with Crippen molar-refractivity contribution in [3.63, 3.8) is 0 Å². The lowest BCUT2D eigenvalue weighted by Gasteiger charge is -2.31. The zero-order chi connectivity index (χ0) is 18.1. The number of amides is 1. The highest BCUT2D eigenvalue weighted by atomic mass is 32.1. The summed E-state index contributed by atoms with van der Waals surface area (Å²) in [5.74, 6) is -1.69. The van der Waals surface area contributed by atoms with Gasteiger partial charge in [0.15, 0.2) is 5.13 Å². The monoisotopic (exact) mass is 373 g/mol. The van der Waals surface area contributed by atoms with E-state index in [1.165, 1.54) is 0 Å². The first-order valence-corrected chi connectivity index (χ1v) is 9.28. The maximum Gasteiger partial charge on any atom is 0.227 e. The SMILES string of the molecule is O=C(Nc1cc(F)ccc1F)C1CCN(c2nc3ccccc3s2)CC1. The van der Waals surface area contributed by atoms with Crippen molar-refractivity contribution in [3.8, 4) is 0 Å². The smallest absolute Gasteiger partial charge is 0.227 e. The Kier molecular flexibility index (Phi) is 4.55. The average Bonchev–Trinajstić information content (AvgIpc) is 3.09. The normalized spacial score (nSPS) is 15.4. The zero-order valence-corrected chi connectivity index (χ0v) is 14.7. The summed E-state index contributed by atoms with van der Waals surface area (Å²) in [6.07, 6.45) is 1.30. The number of nitrogens with one attached hydrogen (secondary N) is 1. The molecule has 1 aromatic heterocycles. The number of anilines is 2. The van der Waals surface area contributed by atoms with Gasteiger partial charge in [-0.05, 0) is 37.1 Å². The maximum absolute atomic E-state index is 13.7. The van der Waals surface area contributed by atoms with E-state index >= 15 is 0 Å². The molecule has 0 spiro atoms. The lowest BCUT2D eigenvalue weighted by molar-refractivity contribution is -0.120. The molecular formula is C19H17F2N3OS. The number of nitrogens with zero attached hydrogens (tertiary/aromatic N) is 2. The van der Waals surface area contributed by atoms with Gasteiger partial charge < -0.3 is 10.2 Å². The molecule has 0 atom stereocenters. The Balaban J connectivity index is 1.39. The Labute approximate surface area is 153 Å². The van der Waals surface area contributed by atoms with Gasteiger partial charge in [-0.2, -0.15) is 0 Å². The van der Waals surface area contributed by atoms with E-state index in [1.807, 2.05) is 24.3 Å². The Morgan fingerprint density at radius 3 is 2.69 bits per heavy atom. The highest BCUT2D eigenvalue weighted by Gasteiger charge is 2.27. The van der Waals surface area contributed by atoms with Crippen LogP contribution in [-0.4, -0.2) is 24.0 Å². The molecule has 4 rings (SSSR count). The second kappa shape index (κ2) is 6.99. The molecule has 3 aromatic rings. The Morgan fingerprint density at radius 2 is 1.92 bits per heavy atom. The number of hydrogen-bond acceptors (Lipinski definition) is 4. The van der Waals surface area contributed by atoms with Crippen molar-refractivity contribution in [1.82, 2.24) is 4.98 Å². The summed E-state index contributed by atoms with van der Waals surface area (Å²) in [6.45, 7) is 1.42. The molecule has 7 heteroatoms. The van der Waals surface area contributed by atoms with Crippen LogP contribution in [0.5, 0.6) is 0 Å². The van der Waals surface area contributed by atoms with Gasteiger partial charge in [-0.3, -0.25) is 4.79 Å². The number of carbonyl (C=O) groups excluding carboxylic acids is 1. The fraction of sp³-hybridized carbons (Fsp3) is 0.263. The molecule has 0 aliphatic carbocycles. The van der Waals surface area contributed by atoms with E-state index in [4.69, 9.17) is 0 Å². The molecule has 1 amide bonds. The van der Waals surface area contributed by atoms with E-state index < -0.39 is 11.6 Å². The minimum atomic E-state index is -0.633. The summed E-state index contributed by atoms with van der Waals surface area (Å²) >= 11 is 1.64. The summed E-state index contributed by atoms with van der Waals surface area (Å²) in [7, 11) is 0. The van der Waals surface area contributed by atoms with Crippen LogP contribution in [-0.2, 0) is 4.79 Å². The predicted molar refractivity (Wildman–Crippen MR) is 99.5 cm³/mol. The van der Waals surface area contributed by atoms with Crippen molar-refractivity contribution >= 4 is 38.3 Å². The summed E-state index contributed by atoms with van der Waals surface area (Å²) in [5, 5.41) is 3.47. The van der Waals surface area contributed by atoms with E-state index in [1.54, 1.807) is 11.3 Å². The summed E-state index contributed by atoms with van der Waals surface area (Å²) in [6, 6.07) is 11.0. The fourth-order valence-corrected chi connectivity index (χ4v) is 4.17. The van der Waals surface area contributed by atoms with Crippen LogP contribution in [0.25, 0.3) is 10.2 Å². The van der Waals surface area contributed by atoms with Gasteiger partial charge in [-0.1, -0.05) is 23.5 Å². The number of carbonyl (C=O) groups is 1. The first-order valence-electron chi connectivity index (χ1n) is 8.46. The zero-order valence-electron chi connectivity index (χ0n) is 13.9. The number of thiazole rings is 1. The molecule has 26 heavy (non-hydrogen) atoms. The van der Waals surface area contributed by atoms with E-state index in [0.29, 0.717) is 25.9 Å². The number of benzene rings is 2. The molecular weight excluding hydrogens is 356 g/mol. The molecule has 1 aliphatic rings. The number of para-hydroxylation sites is 1. The van der Waals surface area contributed by atoms with Crippen molar-refractivity contribution in [2.75, 3.05) is 23.3 Å². The van der Waals surface area contributed by atoms with E-state index in [9.17, 15) is 13.6 Å². The molecule has 1 saturated heterocycles. The molecule has 4 nitrogen and oxygen atoms in total. The molecule has 1 fully saturated rings. The van der Waals surface area contributed by atoms with Crippen LogP contribution in [0.2, 0.25) is 0 Å². The van der Waals surface area contributed by atoms with Gasteiger partial charge in [0, 0.05) is 25.1 Å². The summed E-state index contributed by atoms with van der Waals surface area (Å²) < 4.78 is 28.1. The van der Waals surface area contributed by atoms with Gasteiger partial charge in [-0.15, -0.1) is 0 Å². The Bertz CT molecular complexity index is 918. The van der Waals surface area contributed by atoms with Crippen molar-refractivity contribution in [2.45, 2.75) is 12.8 Å². The molecule has 0 saturated carbocycles. The first-order chi connectivity index (χ1) is 12.6. The quantitative estimate of drug-likeness (QED) is 0.739. The number of aromatic nitrogens is 1. The molecule has 1 N–H and O–H groups in total. The van der Waals surface area contributed by atoms with Crippen LogP contribution in [0.4, 0.5) is 19.6 Å². The van der Waals surface area contributed by atoms with Crippen molar-refractivity contribution in [1.29, 1.82) is 0 Å². The summed E-state index contributed by atoms with van der Waals surface area (Å²) in [5.41, 5.74) is 0.873. The largest absolute Gasteiger partial charge is 0.348 e. The van der Waals surface area contributed by atoms with E-state index in [0.717, 1.165) is 33.5 Å². The van der Waals surface area contributed by atoms with Crippen LogP contribution in [0.15, 0.2) is 42.5 Å². The number of piperidine rings is 1. The second-order valence-electron chi connectivity index (χ2n) is 6.34. The lowest BCUT2D eigenvalue weighted by Crippen LogP contribution is -2.38. The van der Waals surface area contributed by atoms with Gasteiger partial charge in [0.25, 0.3) is 0 Å². The predicted octanol–water partition coefficient (Wildman–Crippen LogP) is 4.43. The Hall–Kier alpha value is -2.54. The number of fused-ring (bicyclic) bond motifs is 1. The van der Waals surface area contributed by atoms with Gasteiger partial charge in [0.2, 0.25) is 5.91 Å². The number of halogens is 2. The minimum absolute atomic E-state index is 0.108. The first kappa shape index (κ1) is 16.9. The third kappa shape index (κ3) is 3.39. The minimum Gasteiger partial charge on any atom is -0.348 e. The molecule has 2 aromatic carbocycles. The third-order valence-corrected chi connectivity index (χ3v) is 5.70. The standard InChI is InChI=1S/C19H17F2N3OS/c20-13-5-6-14(21)16(11-13)22-18(25)12-7-9-24(10-8-12)19-23-15-3-1-2-4-17(15)26-19/h1-6,11-12H,7-10H2,(H,22,25). The van der Waals surface area contributed by atoms with Crippen LogP contribution >= 0.6 is 11.3 Å². The van der Waals surface area contributed by atoms with Crippen molar-refractivity contribution in [3.05, 3.63) is 54.1 Å². The van der Waals surface area contributed by atoms with Crippen LogP contribution in [0, 0.1) is 17.6 Å². The van der Waals surface area contributed by atoms with Crippen molar-refractivity contribution < 1.29 is 13.6 Å². The van der Waals surface area contributed by atoms with E-state index in [2.05, 4.69) is 15.2 Å². The third-order valence-electron chi connectivity index (χ3n) is 4.61. The highest BCUT2D eigenvalue weighted by molar-refractivity contribution is 7.22. The number of rotatable bonds is 3. The highest BCUT2D eigenvalue weighted by Crippen LogP contribution is 2.31. The van der Waals surface area contributed by atoms with Crippen LogP contribution in [0.1, 0.15) is 12.8 Å². The topological polar surface area (TPSA) is 45.2 Å². The number of hydrogen-bond donors (Lipinski definition) is 1. The second-order valence-corrected chi connectivity index (χ2v) is 7.35. The maximum atomic E-state index is 13.7. The van der Waals surface area contributed by atoms with Gasteiger partial charge >= 0.3 is 0 Å². The van der Waals surface area contributed by atoms with Crippen LogP contribution < -0.4 is 10.2 Å². The van der Waals surface area contributed by atoms with Crippen molar-refractivity contribution in [2.24, 2.45) is 5.92 Å². The molecule has 0 unspecified atom stereocenters.